The molecule has 1 atom stereocenters. The summed E-state index contributed by atoms with van der Waals surface area (Å²) in [6.07, 6.45) is 13.0. The van der Waals surface area contributed by atoms with E-state index >= 15 is 0 Å². The first-order valence-corrected chi connectivity index (χ1v) is 4.75. The van der Waals surface area contributed by atoms with Crippen LogP contribution in [0.15, 0.2) is 37.5 Å². The van der Waals surface area contributed by atoms with Crippen molar-refractivity contribution in [2.24, 2.45) is 5.92 Å². The zero-order chi connectivity index (χ0) is 9.23. The summed E-state index contributed by atoms with van der Waals surface area (Å²) in [4.78, 5) is 0. The van der Waals surface area contributed by atoms with Gasteiger partial charge in [0.15, 0.2) is 0 Å². The van der Waals surface area contributed by atoms with Gasteiger partial charge in [0.25, 0.3) is 0 Å². The predicted octanol–water partition coefficient (Wildman–Crippen LogP) is 4.11. The van der Waals surface area contributed by atoms with Crippen LogP contribution in [0.25, 0.3) is 0 Å². The Labute approximate surface area is 76.7 Å². The molecule has 0 aliphatic heterocycles. The second-order valence-electron chi connectivity index (χ2n) is 3.05. The van der Waals surface area contributed by atoms with Crippen molar-refractivity contribution in [2.75, 3.05) is 0 Å². The summed E-state index contributed by atoms with van der Waals surface area (Å²) in [7, 11) is 0. The van der Waals surface area contributed by atoms with Gasteiger partial charge in [0, 0.05) is 0 Å². The number of allylic oxidation sites excluding steroid dienone is 4. The van der Waals surface area contributed by atoms with Gasteiger partial charge in [-0.15, -0.1) is 6.58 Å². The molecule has 0 aromatic carbocycles. The number of hydrogen-bond acceptors (Lipinski definition) is 0. The van der Waals surface area contributed by atoms with Crippen molar-refractivity contribution in [1.82, 2.24) is 0 Å². The molecule has 0 aromatic rings. The van der Waals surface area contributed by atoms with E-state index in [0.717, 1.165) is 6.42 Å². The van der Waals surface area contributed by atoms with Gasteiger partial charge in [-0.2, -0.15) is 0 Å². The maximum absolute atomic E-state index is 3.76. The lowest BCUT2D eigenvalue weighted by molar-refractivity contribution is 0.561. The second-order valence-corrected chi connectivity index (χ2v) is 3.05. The number of unbranched alkanes of at least 4 members (excludes halogenated alkanes) is 1. The van der Waals surface area contributed by atoms with E-state index in [1.165, 1.54) is 19.3 Å². The van der Waals surface area contributed by atoms with Crippen LogP contribution >= 0.6 is 0 Å². The minimum Gasteiger partial charge on any atom is -0.103 e. The van der Waals surface area contributed by atoms with E-state index < -0.39 is 0 Å². The highest BCUT2D eigenvalue weighted by molar-refractivity contribution is 5.01. The van der Waals surface area contributed by atoms with E-state index in [-0.39, 0.29) is 0 Å². The van der Waals surface area contributed by atoms with Crippen molar-refractivity contribution in [1.29, 1.82) is 0 Å². The summed E-state index contributed by atoms with van der Waals surface area (Å²) >= 11 is 0. The van der Waals surface area contributed by atoms with Crippen LogP contribution < -0.4 is 0 Å². The second kappa shape index (κ2) is 8.32. The normalized spacial score (nSPS) is 13.1. The Balaban J connectivity index is 3.75. The molecule has 0 nitrogen and oxygen atoms in total. The van der Waals surface area contributed by atoms with Crippen molar-refractivity contribution in [3.8, 4) is 0 Å². The van der Waals surface area contributed by atoms with Crippen molar-refractivity contribution in [3.63, 3.8) is 0 Å². The van der Waals surface area contributed by atoms with Gasteiger partial charge >= 0.3 is 0 Å². The molecule has 0 saturated heterocycles. The van der Waals surface area contributed by atoms with E-state index in [2.05, 4.69) is 26.2 Å². The SMILES string of the molecule is C=CC=CC(CC=C)CCCC. The molecule has 0 spiro atoms. The highest BCUT2D eigenvalue weighted by Crippen LogP contribution is 2.14. The Morgan fingerprint density at radius 3 is 2.58 bits per heavy atom. The summed E-state index contributed by atoms with van der Waals surface area (Å²) < 4.78 is 0. The van der Waals surface area contributed by atoms with E-state index in [9.17, 15) is 0 Å². The monoisotopic (exact) mass is 164 g/mol. The molecule has 12 heavy (non-hydrogen) atoms. The minimum atomic E-state index is 0.667. The first-order chi connectivity index (χ1) is 5.85. The lowest BCUT2D eigenvalue weighted by atomic mass is 9.98. The molecule has 0 aliphatic carbocycles. The molecule has 0 fully saturated rings. The fourth-order valence-corrected chi connectivity index (χ4v) is 1.21. The molecule has 0 heteroatoms. The van der Waals surface area contributed by atoms with E-state index in [4.69, 9.17) is 0 Å². The van der Waals surface area contributed by atoms with E-state index in [1.54, 1.807) is 0 Å². The van der Waals surface area contributed by atoms with Crippen molar-refractivity contribution in [3.05, 3.63) is 37.5 Å². The van der Waals surface area contributed by atoms with Crippen molar-refractivity contribution >= 4 is 0 Å². The predicted molar refractivity (Wildman–Crippen MR) is 57.2 cm³/mol. The first-order valence-electron chi connectivity index (χ1n) is 4.75. The van der Waals surface area contributed by atoms with Gasteiger partial charge in [-0.25, -0.2) is 0 Å². The molecular formula is C12H20. The Bertz CT molecular complexity index is 142. The van der Waals surface area contributed by atoms with Gasteiger partial charge < -0.3 is 0 Å². The van der Waals surface area contributed by atoms with Crippen molar-refractivity contribution < 1.29 is 0 Å². The summed E-state index contributed by atoms with van der Waals surface area (Å²) in [5.74, 6) is 0.667. The van der Waals surface area contributed by atoms with Crippen LogP contribution in [0.5, 0.6) is 0 Å². The first kappa shape index (κ1) is 11.2. The van der Waals surface area contributed by atoms with Gasteiger partial charge in [0.1, 0.15) is 0 Å². The Kier molecular flexibility index (Phi) is 7.78. The van der Waals surface area contributed by atoms with Crippen LogP contribution in [0.2, 0.25) is 0 Å². The van der Waals surface area contributed by atoms with Crippen LogP contribution in [0, 0.1) is 5.92 Å². The van der Waals surface area contributed by atoms with Crippen LogP contribution in [0.3, 0.4) is 0 Å². The summed E-state index contributed by atoms with van der Waals surface area (Å²) in [5.41, 5.74) is 0. The molecule has 0 radical (unpaired) electrons. The summed E-state index contributed by atoms with van der Waals surface area (Å²) in [5, 5.41) is 0. The molecule has 68 valence electrons. The topological polar surface area (TPSA) is 0 Å². The maximum atomic E-state index is 3.76. The summed E-state index contributed by atoms with van der Waals surface area (Å²) in [6, 6.07) is 0. The number of hydrogen-bond donors (Lipinski definition) is 0. The molecule has 0 rings (SSSR count). The molecular weight excluding hydrogens is 144 g/mol. The van der Waals surface area contributed by atoms with Gasteiger partial charge in [0.2, 0.25) is 0 Å². The number of rotatable bonds is 7. The largest absolute Gasteiger partial charge is 0.103 e. The molecule has 1 unspecified atom stereocenters. The van der Waals surface area contributed by atoms with Crippen molar-refractivity contribution in [2.45, 2.75) is 32.6 Å². The molecule has 0 aromatic heterocycles. The Morgan fingerprint density at radius 2 is 2.08 bits per heavy atom. The Morgan fingerprint density at radius 1 is 1.33 bits per heavy atom. The Hall–Kier alpha value is -0.780. The van der Waals surface area contributed by atoms with Crippen LogP contribution in [-0.2, 0) is 0 Å². The minimum absolute atomic E-state index is 0.667. The van der Waals surface area contributed by atoms with E-state index in [0.29, 0.717) is 5.92 Å². The lowest BCUT2D eigenvalue weighted by Crippen LogP contribution is -1.93. The molecule has 0 saturated carbocycles. The molecule has 0 aliphatic rings. The van der Waals surface area contributed by atoms with E-state index in [1.807, 2.05) is 18.2 Å². The fraction of sp³-hybridized carbons (Fsp3) is 0.500. The quantitative estimate of drug-likeness (QED) is 0.392. The third-order valence-electron chi connectivity index (χ3n) is 1.92. The van der Waals surface area contributed by atoms with Gasteiger partial charge in [-0.1, -0.05) is 50.6 Å². The summed E-state index contributed by atoms with van der Waals surface area (Å²) in [6.45, 7) is 9.64. The average Bonchev–Trinajstić information content (AvgIpc) is 2.10. The van der Waals surface area contributed by atoms with Gasteiger partial charge in [-0.05, 0) is 18.8 Å². The lowest BCUT2D eigenvalue weighted by Gasteiger charge is -2.08. The molecule has 0 N–H and O–H groups in total. The highest BCUT2D eigenvalue weighted by Gasteiger charge is 1.99. The fourth-order valence-electron chi connectivity index (χ4n) is 1.21. The van der Waals surface area contributed by atoms with Crippen LogP contribution in [0.4, 0.5) is 0 Å². The zero-order valence-electron chi connectivity index (χ0n) is 8.13. The maximum Gasteiger partial charge on any atom is -0.0196 e. The standard InChI is InChI=1S/C12H20/c1-4-7-10-12(9-6-3)11-8-5-2/h4,6-7,10,12H,1,3,5,8-9,11H2,2H3. The third-order valence-corrected chi connectivity index (χ3v) is 1.92. The van der Waals surface area contributed by atoms with Crippen LogP contribution in [0.1, 0.15) is 32.6 Å². The molecule has 0 bridgehead atoms. The smallest absolute Gasteiger partial charge is 0.0196 e. The zero-order valence-corrected chi connectivity index (χ0v) is 8.13. The van der Waals surface area contributed by atoms with Gasteiger partial charge in [0.05, 0.1) is 0 Å². The molecule has 0 heterocycles. The molecule has 0 amide bonds. The third kappa shape index (κ3) is 5.96. The highest BCUT2D eigenvalue weighted by atomic mass is 14.0. The average molecular weight is 164 g/mol. The van der Waals surface area contributed by atoms with Gasteiger partial charge in [-0.3, -0.25) is 0 Å². The van der Waals surface area contributed by atoms with Crippen LogP contribution in [-0.4, -0.2) is 0 Å².